The molecule has 5 nitrogen and oxygen atoms in total. The summed E-state index contributed by atoms with van der Waals surface area (Å²) in [6.45, 7) is 3.11. The summed E-state index contributed by atoms with van der Waals surface area (Å²) in [4.78, 5) is 12.4. The molecule has 0 amide bonds. The van der Waals surface area contributed by atoms with Crippen LogP contribution < -0.4 is 4.74 Å². The number of nitrogens with zero attached hydrogens (tertiary/aromatic N) is 2. The van der Waals surface area contributed by atoms with E-state index in [9.17, 15) is 9.18 Å². The van der Waals surface area contributed by atoms with Gasteiger partial charge >= 0.3 is 5.97 Å². The number of ether oxygens (including phenoxy) is 2. The smallest absolute Gasteiger partial charge is 0.345 e. The Morgan fingerprint density at radius 2 is 2.29 bits per heavy atom. The molecule has 3 rings (SSSR count). The maximum Gasteiger partial charge on any atom is 0.345 e. The normalized spacial score (nSPS) is 16.4. The number of aromatic nitrogens is 2. The number of hydrogen-bond acceptors (Lipinski definition) is 5. The quantitative estimate of drug-likeness (QED) is 0.775. The van der Waals surface area contributed by atoms with Crippen molar-refractivity contribution < 1.29 is 18.7 Å². The monoisotopic (exact) mass is 350 g/mol. The Bertz CT molecular complexity index is 747. The summed E-state index contributed by atoms with van der Waals surface area (Å²) in [7, 11) is 0. The van der Waals surface area contributed by atoms with Crippen molar-refractivity contribution in [1.29, 1.82) is 0 Å². The summed E-state index contributed by atoms with van der Waals surface area (Å²) in [6, 6.07) is 6.26. The van der Waals surface area contributed by atoms with E-state index in [2.05, 4.69) is 5.10 Å². The molecule has 1 aromatic carbocycles. The number of carbonyl (C=O) groups is 1. The summed E-state index contributed by atoms with van der Waals surface area (Å²) in [5, 5.41) is 4.46. The van der Waals surface area contributed by atoms with E-state index in [1.807, 2.05) is 6.26 Å². The Kier molecular flexibility index (Phi) is 5.08. The first-order valence-corrected chi connectivity index (χ1v) is 9.19. The van der Waals surface area contributed by atoms with Gasteiger partial charge in [0.2, 0.25) is 5.88 Å². The molecule has 1 aliphatic rings. The minimum Gasteiger partial charge on any atom is -0.477 e. The molecule has 128 valence electrons. The zero-order valence-corrected chi connectivity index (χ0v) is 14.4. The number of esters is 1. The van der Waals surface area contributed by atoms with Crippen LogP contribution in [0.2, 0.25) is 0 Å². The third-order valence-corrected chi connectivity index (χ3v) is 4.61. The third kappa shape index (κ3) is 3.13. The molecule has 24 heavy (non-hydrogen) atoms. The average molecular weight is 350 g/mol. The van der Waals surface area contributed by atoms with Gasteiger partial charge in [0.15, 0.2) is 0 Å². The molecule has 1 aliphatic heterocycles. The lowest BCUT2D eigenvalue weighted by Gasteiger charge is -2.23. The highest BCUT2D eigenvalue weighted by atomic mass is 32.2. The Balaban J connectivity index is 2.08. The van der Waals surface area contributed by atoms with Crippen molar-refractivity contribution in [3.8, 4) is 17.1 Å². The molecule has 0 saturated carbocycles. The van der Waals surface area contributed by atoms with Crippen LogP contribution >= 0.6 is 11.8 Å². The molecule has 0 radical (unpaired) electrons. The number of hydrogen-bond donors (Lipinski definition) is 0. The molecule has 0 N–H and O–H groups in total. The molecule has 2 heterocycles. The Labute approximate surface area is 144 Å². The lowest BCUT2D eigenvalue weighted by Crippen LogP contribution is -2.28. The fraction of sp³-hybridized carbons (Fsp3) is 0.412. The molecule has 2 aromatic rings. The first-order chi connectivity index (χ1) is 11.7. The number of benzene rings is 1. The van der Waals surface area contributed by atoms with E-state index in [4.69, 9.17) is 9.47 Å². The van der Waals surface area contributed by atoms with Crippen LogP contribution in [-0.4, -0.2) is 41.0 Å². The molecule has 1 unspecified atom stereocenters. The molecule has 0 saturated heterocycles. The largest absolute Gasteiger partial charge is 0.477 e. The van der Waals surface area contributed by atoms with E-state index in [0.717, 1.165) is 5.75 Å². The van der Waals surface area contributed by atoms with E-state index in [1.165, 1.54) is 6.07 Å². The van der Waals surface area contributed by atoms with Crippen molar-refractivity contribution in [3.05, 3.63) is 35.6 Å². The van der Waals surface area contributed by atoms with Crippen molar-refractivity contribution in [2.24, 2.45) is 5.92 Å². The number of rotatable bonds is 5. The van der Waals surface area contributed by atoms with Crippen LogP contribution in [0.25, 0.3) is 11.3 Å². The molecule has 0 bridgehead atoms. The summed E-state index contributed by atoms with van der Waals surface area (Å²) < 4.78 is 26.8. The lowest BCUT2D eigenvalue weighted by molar-refractivity contribution is 0.0518. The van der Waals surface area contributed by atoms with Gasteiger partial charge in [-0.25, -0.2) is 13.9 Å². The van der Waals surface area contributed by atoms with E-state index in [-0.39, 0.29) is 23.4 Å². The Hall–Kier alpha value is -2.02. The second-order valence-corrected chi connectivity index (χ2v) is 6.45. The number of thioether (sulfide) groups is 1. The minimum absolute atomic E-state index is 0.199. The van der Waals surface area contributed by atoms with E-state index in [1.54, 1.807) is 41.6 Å². The summed E-state index contributed by atoms with van der Waals surface area (Å²) in [5.41, 5.74) is 0.739. The maximum atomic E-state index is 14.2. The third-order valence-electron chi connectivity index (χ3n) is 3.80. The van der Waals surface area contributed by atoms with Gasteiger partial charge in [-0.05, 0) is 25.3 Å². The van der Waals surface area contributed by atoms with Crippen LogP contribution in [0.3, 0.4) is 0 Å². The van der Waals surface area contributed by atoms with Gasteiger partial charge in [-0.2, -0.15) is 16.9 Å². The second kappa shape index (κ2) is 7.25. The van der Waals surface area contributed by atoms with Gasteiger partial charge < -0.3 is 9.47 Å². The Morgan fingerprint density at radius 3 is 3.00 bits per heavy atom. The zero-order valence-electron chi connectivity index (χ0n) is 13.6. The summed E-state index contributed by atoms with van der Waals surface area (Å²) in [6.07, 6.45) is 2.04. The van der Waals surface area contributed by atoms with Gasteiger partial charge in [-0.3, -0.25) is 0 Å². The summed E-state index contributed by atoms with van der Waals surface area (Å²) >= 11 is 1.73. The standard InChI is InChI=1S/C17H19FN2O3S/c1-3-22-17(21)14-15(12-6-4-5-7-13(12)18)19-20-8-11(10-24-2)9-23-16(14)20/h4-7,11H,3,8-10H2,1-2H3. The highest BCUT2D eigenvalue weighted by Gasteiger charge is 2.32. The van der Waals surface area contributed by atoms with Crippen molar-refractivity contribution in [1.82, 2.24) is 9.78 Å². The number of carbonyl (C=O) groups excluding carboxylic acids is 1. The van der Waals surface area contributed by atoms with Crippen molar-refractivity contribution >= 4 is 17.7 Å². The van der Waals surface area contributed by atoms with Gasteiger partial charge in [-0.1, -0.05) is 12.1 Å². The fourth-order valence-corrected chi connectivity index (χ4v) is 3.45. The molecular formula is C17H19FN2O3S. The highest BCUT2D eigenvalue weighted by molar-refractivity contribution is 7.98. The molecule has 1 aromatic heterocycles. The van der Waals surface area contributed by atoms with Gasteiger partial charge in [0.25, 0.3) is 0 Å². The fourth-order valence-electron chi connectivity index (χ4n) is 2.78. The molecule has 7 heteroatoms. The van der Waals surface area contributed by atoms with Crippen LogP contribution in [0.4, 0.5) is 4.39 Å². The predicted molar refractivity (Wildman–Crippen MR) is 90.9 cm³/mol. The lowest BCUT2D eigenvalue weighted by atomic mass is 10.1. The van der Waals surface area contributed by atoms with Crippen LogP contribution in [0, 0.1) is 11.7 Å². The van der Waals surface area contributed by atoms with Crippen LogP contribution in [-0.2, 0) is 11.3 Å². The molecule has 0 aliphatic carbocycles. The Morgan fingerprint density at radius 1 is 1.50 bits per heavy atom. The zero-order chi connectivity index (χ0) is 17.1. The second-order valence-electron chi connectivity index (χ2n) is 5.54. The van der Waals surface area contributed by atoms with Crippen LogP contribution in [0.1, 0.15) is 17.3 Å². The van der Waals surface area contributed by atoms with E-state index in [0.29, 0.717) is 24.9 Å². The number of fused-ring (bicyclic) bond motifs is 1. The van der Waals surface area contributed by atoms with Crippen LogP contribution in [0.5, 0.6) is 5.88 Å². The van der Waals surface area contributed by atoms with Crippen molar-refractivity contribution in [2.75, 3.05) is 25.2 Å². The highest BCUT2D eigenvalue weighted by Crippen LogP contribution is 2.35. The molecule has 0 spiro atoms. The van der Waals surface area contributed by atoms with E-state index >= 15 is 0 Å². The van der Waals surface area contributed by atoms with Gasteiger partial charge in [-0.15, -0.1) is 0 Å². The number of halogens is 1. The van der Waals surface area contributed by atoms with Crippen molar-refractivity contribution in [3.63, 3.8) is 0 Å². The molecule has 0 fully saturated rings. The van der Waals surface area contributed by atoms with Crippen molar-refractivity contribution in [2.45, 2.75) is 13.5 Å². The summed E-state index contributed by atoms with van der Waals surface area (Å²) in [5.74, 6) is 0.628. The molecule has 1 atom stereocenters. The average Bonchev–Trinajstić information content (AvgIpc) is 2.94. The van der Waals surface area contributed by atoms with E-state index < -0.39 is 11.8 Å². The predicted octanol–water partition coefficient (Wildman–Crippen LogP) is 3.24. The maximum absolute atomic E-state index is 14.2. The van der Waals surface area contributed by atoms with Gasteiger partial charge in [0, 0.05) is 17.2 Å². The van der Waals surface area contributed by atoms with Gasteiger partial charge in [0.05, 0.1) is 19.8 Å². The SMILES string of the molecule is CCOC(=O)c1c(-c2ccccc2F)nn2c1OCC(CSC)C2. The minimum atomic E-state index is -0.541. The first-order valence-electron chi connectivity index (χ1n) is 7.80. The molecular weight excluding hydrogens is 331 g/mol. The van der Waals surface area contributed by atoms with Gasteiger partial charge in [0.1, 0.15) is 17.1 Å². The van der Waals surface area contributed by atoms with Crippen LogP contribution in [0.15, 0.2) is 24.3 Å². The topological polar surface area (TPSA) is 53.3 Å². The first kappa shape index (κ1) is 16.8.